The van der Waals surface area contributed by atoms with Gasteiger partial charge in [0.25, 0.3) is 0 Å². The summed E-state index contributed by atoms with van der Waals surface area (Å²) in [6.07, 6.45) is 6.95. The fourth-order valence-corrected chi connectivity index (χ4v) is 2.37. The highest BCUT2D eigenvalue weighted by Crippen LogP contribution is 2.16. The zero-order valence-electron chi connectivity index (χ0n) is 7.18. The maximum atomic E-state index is 3.51. The molecule has 64 valence electrons. The number of hydrogen-bond donors (Lipinski definition) is 1. The monoisotopic (exact) mass is 171 g/mol. The molecule has 1 aliphatic heterocycles. The van der Waals surface area contributed by atoms with Crippen molar-refractivity contribution in [1.29, 1.82) is 0 Å². The summed E-state index contributed by atoms with van der Waals surface area (Å²) >= 11 is 2.06. The van der Waals surface area contributed by atoms with Crippen LogP contribution in [0, 0.1) is 0 Å². The first-order valence-corrected chi connectivity index (χ1v) is 5.55. The Hall–Kier alpha value is 0.0500. The summed E-state index contributed by atoms with van der Waals surface area (Å²) in [6.45, 7) is 3.22. The molecule has 1 nitrogen and oxygen atoms in total. The van der Waals surface area contributed by atoms with Gasteiger partial charge in [0.15, 0.2) is 0 Å². The molecule has 0 aromatic heterocycles. The SMILES string of the molecule is CC/C=C/CNC1CCSC1. The van der Waals surface area contributed by atoms with Crippen LogP contribution in [0.2, 0.25) is 0 Å². The van der Waals surface area contributed by atoms with Crippen LogP contribution in [0.4, 0.5) is 0 Å². The lowest BCUT2D eigenvalue weighted by Gasteiger charge is -2.07. The number of thioether (sulfide) groups is 1. The van der Waals surface area contributed by atoms with Crippen LogP contribution in [0.1, 0.15) is 19.8 Å². The molecule has 0 radical (unpaired) electrons. The maximum absolute atomic E-state index is 3.51. The van der Waals surface area contributed by atoms with Crippen molar-refractivity contribution in [3.8, 4) is 0 Å². The molecule has 1 saturated heterocycles. The number of nitrogens with one attached hydrogen (secondary N) is 1. The van der Waals surface area contributed by atoms with Crippen molar-refractivity contribution in [2.45, 2.75) is 25.8 Å². The van der Waals surface area contributed by atoms with Crippen molar-refractivity contribution in [2.75, 3.05) is 18.1 Å². The molecular weight excluding hydrogens is 154 g/mol. The largest absolute Gasteiger partial charge is 0.310 e. The fraction of sp³-hybridized carbons (Fsp3) is 0.778. The second kappa shape index (κ2) is 5.67. The average molecular weight is 171 g/mol. The van der Waals surface area contributed by atoms with Crippen molar-refractivity contribution in [1.82, 2.24) is 5.32 Å². The summed E-state index contributed by atoms with van der Waals surface area (Å²) in [4.78, 5) is 0. The molecule has 0 amide bonds. The van der Waals surface area contributed by atoms with E-state index in [1.807, 2.05) is 0 Å². The summed E-state index contributed by atoms with van der Waals surface area (Å²) in [5.74, 6) is 2.65. The quantitative estimate of drug-likeness (QED) is 0.650. The average Bonchev–Trinajstić information content (AvgIpc) is 2.50. The zero-order valence-corrected chi connectivity index (χ0v) is 7.99. The lowest BCUT2D eigenvalue weighted by atomic mass is 10.2. The van der Waals surface area contributed by atoms with E-state index in [4.69, 9.17) is 0 Å². The van der Waals surface area contributed by atoms with Crippen LogP contribution < -0.4 is 5.32 Å². The Kier molecular flexibility index (Phi) is 4.71. The molecule has 1 fully saturated rings. The summed E-state index contributed by atoms with van der Waals surface area (Å²) in [5, 5.41) is 3.51. The Bertz CT molecular complexity index is 117. The number of rotatable bonds is 4. The molecule has 1 unspecified atom stereocenters. The topological polar surface area (TPSA) is 12.0 Å². The third-order valence-electron chi connectivity index (χ3n) is 1.86. The van der Waals surface area contributed by atoms with Gasteiger partial charge in [-0.15, -0.1) is 0 Å². The molecular formula is C9H17NS. The molecule has 0 bridgehead atoms. The number of hydrogen-bond acceptors (Lipinski definition) is 2. The van der Waals surface area contributed by atoms with Crippen LogP contribution in [0.5, 0.6) is 0 Å². The lowest BCUT2D eigenvalue weighted by Crippen LogP contribution is -2.28. The first-order valence-electron chi connectivity index (χ1n) is 4.39. The molecule has 2 heteroatoms. The molecule has 1 aliphatic rings. The van der Waals surface area contributed by atoms with E-state index in [2.05, 4.69) is 36.2 Å². The highest BCUT2D eigenvalue weighted by atomic mass is 32.2. The smallest absolute Gasteiger partial charge is 0.0169 e. The zero-order chi connectivity index (χ0) is 7.94. The third-order valence-corrected chi connectivity index (χ3v) is 3.02. The van der Waals surface area contributed by atoms with Crippen LogP contribution in [-0.4, -0.2) is 24.1 Å². The van der Waals surface area contributed by atoms with Crippen molar-refractivity contribution < 1.29 is 0 Å². The van der Waals surface area contributed by atoms with Gasteiger partial charge in [-0.25, -0.2) is 0 Å². The van der Waals surface area contributed by atoms with Gasteiger partial charge in [-0.1, -0.05) is 19.1 Å². The molecule has 0 spiro atoms. The van der Waals surface area contributed by atoms with Gasteiger partial charge in [0, 0.05) is 18.3 Å². The van der Waals surface area contributed by atoms with Crippen LogP contribution in [0.15, 0.2) is 12.2 Å². The minimum atomic E-state index is 0.779. The van der Waals surface area contributed by atoms with E-state index < -0.39 is 0 Å². The Morgan fingerprint density at radius 1 is 1.55 bits per heavy atom. The van der Waals surface area contributed by atoms with Crippen molar-refractivity contribution >= 4 is 11.8 Å². The van der Waals surface area contributed by atoms with Gasteiger partial charge < -0.3 is 5.32 Å². The lowest BCUT2D eigenvalue weighted by molar-refractivity contribution is 0.594. The van der Waals surface area contributed by atoms with E-state index in [0.29, 0.717) is 0 Å². The minimum absolute atomic E-state index is 0.779. The molecule has 0 saturated carbocycles. The van der Waals surface area contributed by atoms with Gasteiger partial charge in [0.1, 0.15) is 0 Å². The molecule has 0 aromatic rings. The third kappa shape index (κ3) is 3.82. The van der Waals surface area contributed by atoms with E-state index >= 15 is 0 Å². The summed E-state index contributed by atoms with van der Waals surface area (Å²) in [5.41, 5.74) is 0. The normalized spacial score (nSPS) is 25.0. The Morgan fingerprint density at radius 3 is 3.09 bits per heavy atom. The molecule has 1 N–H and O–H groups in total. The highest BCUT2D eigenvalue weighted by molar-refractivity contribution is 7.99. The Morgan fingerprint density at radius 2 is 2.45 bits per heavy atom. The highest BCUT2D eigenvalue weighted by Gasteiger charge is 2.12. The van der Waals surface area contributed by atoms with Gasteiger partial charge in [0.2, 0.25) is 0 Å². The van der Waals surface area contributed by atoms with E-state index in [9.17, 15) is 0 Å². The van der Waals surface area contributed by atoms with Crippen LogP contribution in [-0.2, 0) is 0 Å². The van der Waals surface area contributed by atoms with Gasteiger partial charge in [-0.05, 0) is 18.6 Å². The van der Waals surface area contributed by atoms with Crippen molar-refractivity contribution in [2.24, 2.45) is 0 Å². The van der Waals surface area contributed by atoms with Gasteiger partial charge in [-0.3, -0.25) is 0 Å². The van der Waals surface area contributed by atoms with E-state index in [1.165, 1.54) is 17.9 Å². The maximum Gasteiger partial charge on any atom is 0.0169 e. The van der Waals surface area contributed by atoms with Gasteiger partial charge >= 0.3 is 0 Å². The Balaban J connectivity index is 1.97. The second-order valence-corrected chi connectivity index (χ2v) is 4.00. The van der Waals surface area contributed by atoms with Crippen LogP contribution >= 0.6 is 11.8 Å². The van der Waals surface area contributed by atoms with Crippen molar-refractivity contribution in [3.63, 3.8) is 0 Å². The first kappa shape index (κ1) is 9.14. The Labute approximate surface area is 73.6 Å². The second-order valence-electron chi connectivity index (χ2n) is 2.85. The van der Waals surface area contributed by atoms with Gasteiger partial charge in [0.05, 0.1) is 0 Å². The van der Waals surface area contributed by atoms with Crippen LogP contribution in [0.25, 0.3) is 0 Å². The summed E-state index contributed by atoms with van der Waals surface area (Å²) in [6, 6.07) is 0.779. The van der Waals surface area contributed by atoms with Crippen molar-refractivity contribution in [3.05, 3.63) is 12.2 Å². The predicted molar refractivity (Wildman–Crippen MR) is 53.2 cm³/mol. The molecule has 11 heavy (non-hydrogen) atoms. The number of allylic oxidation sites excluding steroid dienone is 1. The minimum Gasteiger partial charge on any atom is -0.310 e. The predicted octanol–water partition coefficient (Wildman–Crippen LogP) is 2.05. The molecule has 0 aliphatic carbocycles. The van der Waals surface area contributed by atoms with E-state index in [0.717, 1.165) is 19.0 Å². The standard InChI is InChI=1S/C9H17NS/c1-2-3-4-6-10-9-5-7-11-8-9/h3-4,9-10H,2,5-8H2,1H3/b4-3+. The van der Waals surface area contributed by atoms with Gasteiger partial charge in [-0.2, -0.15) is 11.8 Å². The molecule has 1 atom stereocenters. The van der Waals surface area contributed by atoms with Crippen LogP contribution in [0.3, 0.4) is 0 Å². The van der Waals surface area contributed by atoms with E-state index in [1.54, 1.807) is 0 Å². The summed E-state index contributed by atoms with van der Waals surface area (Å²) < 4.78 is 0. The molecule has 0 aromatic carbocycles. The summed E-state index contributed by atoms with van der Waals surface area (Å²) in [7, 11) is 0. The fourth-order valence-electron chi connectivity index (χ4n) is 1.18. The first-order chi connectivity index (χ1) is 5.43. The van der Waals surface area contributed by atoms with E-state index in [-0.39, 0.29) is 0 Å². The molecule has 1 rings (SSSR count). The molecule has 1 heterocycles.